The van der Waals surface area contributed by atoms with Gasteiger partial charge < -0.3 is 0 Å². The largest absolute Gasteiger partial charge is 0.330 e. The summed E-state index contributed by atoms with van der Waals surface area (Å²) in [6.07, 6.45) is 0. The summed E-state index contributed by atoms with van der Waals surface area (Å²) in [6.45, 7) is 0. The minimum Gasteiger partial charge on any atom is -0.277 e. The predicted molar refractivity (Wildman–Crippen MR) is 51.6 cm³/mol. The Kier molecular flexibility index (Phi) is 8.66. The topological polar surface area (TPSA) is 109 Å². The van der Waals surface area contributed by atoms with Crippen LogP contribution in [-0.2, 0) is 18.3 Å². The van der Waals surface area contributed by atoms with Crippen LogP contribution in [0.4, 0.5) is 0 Å². The van der Waals surface area contributed by atoms with E-state index in [1.54, 1.807) is 0 Å². The van der Waals surface area contributed by atoms with Crippen LogP contribution in [0, 0.1) is 0 Å². The maximum absolute atomic E-state index is 9.92. The van der Waals surface area contributed by atoms with Crippen molar-refractivity contribution in [3.05, 3.63) is 0 Å². The molecule has 0 aliphatic carbocycles. The van der Waals surface area contributed by atoms with E-state index in [2.05, 4.69) is 0 Å². The molecular weight excluding hydrogens is 279 g/mol. The van der Waals surface area contributed by atoms with Crippen molar-refractivity contribution in [3.8, 4) is 0 Å². The molecular formula is H2NaO6S5. The second-order valence-corrected chi connectivity index (χ2v) is 10.6. The van der Waals surface area contributed by atoms with E-state index in [-0.39, 0.29) is 59.0 Å². The first-order chi connectivity index (χ1) is 4.71. The average molecular weight is 281 g/mol. The second kappa shape index (κ2) is 6.37. The average Bonchev–Trinajstić information content (AvgIpc) is 1.55. The van der Waals surface area contributed by atoms with Crippen LogP contribution in [0.1, 0.15) is 0 Å². The van der Waals surface area contributed by atoms with Gasteiger partial charge in [0.2, 0.25) is 0 Å². The fraction of sp³-hybridized carbons (Fsp3) is 0. The van der Waals surface area contributed by atoms with Gasteiger partial charge in [0.05, 0.1) is 19.7 Å². The summed E-state index contributed by atoms with van der Waals surface area (Å²) in [5, 5.41) is 0. The van der Waals surface area contributed by atoms with Crippen molar-refractivity contribution in [2.75, 3.05) is 0 Å². The molecule has 0 aliphatic heterocycles. The Bertz CT molecular complexity index is 265. The van der Waals surface area contributed by atoms with Crippen LogP contribution < -0.4 is 0 Å². The third-order valence-corrected chi connectivity index (χ3v) is 9.14. The first-order valence-electron chi connectivity index (χ1n) is 1.70. The summed E-state index contributed by atoms with van der Waals surface area (Å²) in [5.41, 5.74) is 0. The molecule has 0 bridgehead atoms. The van der Waals surface area contributed by atoms with Gasteiger partial charge in [-0.05, 0) is 0 Å². The summed E-state index contributed by atoms with van der Waals surface area (Å²) in [4.78, 5) is 0. The van der Waals surface area contributed by atoms with Crippen LogP contribution in [0.15, 0.2) is 0 Å². The van der Waals surface area contributed by atoms with Crippen molar-refractivity contribution in [3.63, 3.8) is 0 Å². The van der Waals surface area contributed by atoms with E-state index in [4.69, 9.17) is 9.11 Å². The van der Waals surface area contributed by atoms with Crippen molar-refractivity contribution in [2.45, 2.75) is 0 Å². The zero-order valence-corrected chi connectivity index (χ0v) is 11.7. The molecule has 12 heavy (non-hydrogen) atoms. The maximum atomic E-state index is 9.92. The van der Waals surface area contributed by atoms with Crippen molar-refractivity contribution in [2.24, 2.45) is 0 Å². The Morgan fingerprint density at radius 2 is 1.08 bits per heavy atom. The summed E-state index contributed by atoms with van der Waals surface area (Å²) in [5.74, 6) is 0. The van der Waals surface area contributed by atoms with E-state index in [0.717, 1.165) is 0 Å². The van der Waals surface area contributed by atoms with Gasteiger partial charge in [-0.15, -0.1) is 0 Å². The number of hydrogen-bond donors (Lipinski definition) is 2. The van der Waals surface area contributed by atoms with Gasteiger partial charge in [0.1, 0.15) is 0 Å². The minimum absolute atomic E-state index is 0. The van der Waals surface area contributed by atoms with Gasteiger partial charge >= 0.3 is 18.3 Å². The van der Waals surface area contributed by atoms with E-state index in [0.29, 0.717) is 0 Å². The molecule has 0 spiro atoms. The van der Waals surface area contributed by atoms with Crippen molar-refractivity contribution in [1.29, 1.82) is 0 Å². The standard InChI is InChI=1S/Na.H2O6S5/c;1-10(2,3)8-7-9-11(4,5)6/h;(H,1,2,3)(H,4,5,6). The summed E-state index contributed by atoms with van der Waals surface area (Å²) < 4.78 is 55.8. The molecule has 0 aromatic heterocycles. The Morgan fingerprint density at radius 3 is 1.25 bits per heavy atom. The fourth-order valence-electron chi connectivity index (χ4n) is 0.0815. The summed E-state index contributed by atoms with van der Waals surface area (Å²) in [6, 6.07) is 0. The van der Waals surface area contributed by atoms with Gasteiger partial charge in [0.25, 0.3) is 0 Å². The number of rotatable bonds is 4. The fourth-order valence-corrected chi connectivity index (χ4v) is 8.44. The first-order valence-corrected chi connectivity index (χ1v) is 9.10. The maximum Gasteiger partial charge on any atom is 0.330 e. The molecule has 0 fully saturated rings. The second-order valence-electron chi connectivity index (χ2n) is 1.06. The van der Waals surface area contributed by atoms with Gasteiger partial charge in [0.15, 0.2) is 0 Å². The first kappa shape index (κ1) is 16.3. The van der Waals surface area contributed by atoms with E-state index in [1.165, 1.54) is 0 Å². The monoisotopic (exact) mass is 281 g/mol. The summed E-state index contributed by atoms with van der Waals surface area (Å²) >= 11 is 0. The van der Waals surface area contributed by atoms with Crippen molar-refractivity contribution in [1.82, 2.24) is 0 Å². The molecule has 0 heterocycles. The Balaban J connectivity index is 0. The predicted octanol–water partition coefficient (Wildman–Crippen LogP) is 0.241. The molecule has 0 unspecified atom stereocenters. The zero-order chi connectivity index (χ0) is 9.12. The third kappa shape index (κ3) is 14.4. The summed E-state index contributed by atoms with van der Waals surface area (Å²) in [7, 11) is -8.44. The van der Waals surface area contributed by atoms with Crippen LogP contribution in [0.5, 0.6) is 0 Å². The zero-order valence-electron chi connectivity index (χ0n) is 5.57. The molecule has 0 rings (SSSR count). The van der Waals surface area contributed by atoms with Gasteiger partial charge in [-0.25, -0.2) is 0 Å². The molecule has 0 saturated carbocycles. The van der Waals surface area contributed by atoms with E-state index < -0.39 is 18.3 Å². The van der Waals surface area contributed by atoms with Crippen LogP contribution in [0.3, 0.4) is 0 Å². The molecule has 69 valence electrons. The number of hydrogen-bond acceptors (Lipinski definition) is 7. The van der Waals surface area contributed by atoms with Crippen LogP contribution in [-0.4, -0.2) is 55.5 Å². The van der Waals surface area contributed by atoms with Gasteiger partial charge in [0, 0.05) is 39.4 Å². The molecule has 0 aliphatic rings. The van der Waals surface area contributed by atoms with Crippen molar-refractivity contribution >= 4 is 77.3 Å². The van der Waals surface area contributed by atoms with Crippen LogP contribution >= 0.6 is 29.5 Å². The van der Waals surface area contributed by atoms with E-state index in [9.17, 15) is 16.8 Å². The molecule has 0 aromatic carbocycles. The molecule has 12 heteroatoms. The normalized spacial score (nSPS) is 12.2. The van der Waals surface area contributed by atoms with Gasteiger partial charge in [-0.1, -0.05) is 0 Å². The Labute approximate surface area is 102 Å². The van der Waals surface area contributed by atoms with Gasteiger partial charge in [-0.2, -0.15) is 16.8 Å². The molecule has 2 N–H and O–H groups in total. The minimum atomic E-state index is -4.26. The van der Waals surface area contributed by atoms with Crippen LogP contribution in [0.25, 0.3) is 0 Å². The molecule has 0 amide bonds. The van der Waals surface area contributed by atoms with E-state index >= 15 is 0 Å². The van der Waals surface area contributed by atoms with E-state index in [1.807, 2.05) is 0 Å². The van der Waals surface area contributed by atoms with Crippen molar-refractivity contribution < 1.29 is 25.9 Å². The third-order valence-electron chi connectivity index (χ3n) is 0.228. The SMILES string of the molecule is O=S(=O)(O)SSSS(=O)(=O)O.[Na]. The molecule has 0 atom stereocenters. The molecule has 0 saturated heterocycles. The van der Waals surface area contributed by atoms with Crippen LogP contribution in [0.2, 0.25) is 0 Å². The van der Waals surface area contributed by atoms with Gasteiger partial charge in [-0.3, -0.25) is 9.11 Å². The molecule has 0 aromatic rings. The molecule has 1 radical (unpaired) electrons. The smallest absolute Gasteiger partial charge is 0.277 e. The molecule has 6 nitrogen and oxygen atoms in total. The Morgan fingerprint density at radius 1 is 0.833 bits per heavy atom. The Hall–Kier alpha value is 1.87. The quantitative estimate of drug-likeness (QED) is 0.425.